The molecule has 0 saturated heterocycles. The molecule has 0 unspecified atom stereocenters. The Labute approximate surface area is 132 Å². The molecular weight excluding hydrogens is 330 g/mol. The van der Waals surface area contributed by atoms with Gasteiger partial charge >= 0.3 is 0 Å². The summed E-state index contributed by atoms with van der Waals surface area (Å²) in [6.45, 7) is 1.18. The molecule has 3 nitrogen and oxygen atoms in total. The van der Waals surface area contributed by atoms with E-state index in [4.69, 9.17) is 9.15 Å². The van der Waals surface area contributed by atoms with Crippen molar-refractivity contribution in [2.24, 2.45) is 0 Å². The van der Waals surface area contributed by atoms with Gasteiger partial charge in [-0.3, -0.25) is 0 Å². The largest absolute Gasteiger partial charge is 0.486 e. The summed E-state index contributed by atoms with van der Waals surface area (Å²) in [6, 6.07) is 15.9. The molecule has 1 heterocycles. The van der Waals surface area contributed by atoms with Crippen molar-refractivity contribution >= 4 is 26.9 Å². The Morgan fingerprint density at radius 2 is 2.00 bits per heavy atom. The van der Waals surface area contributed by atoms with Crippen molar-refractivity contribution < 1.29 is 9.15 Å². The number of benzene rings is 2. The summed E-state index contributed by atoms with van der Waals surface area (Å²) in [5.74, 6) is 1.69. The smallest absolute Gasteiger partial charge is 0.147 e. The van der Waals surface area contributed by atoms with Gasteiger partial charge in [-0.15, -0.1) is 0 Å². The van der Waals surface area contributed by atoms with Crippen molar-refractivity contribution in [2.45, 2.75) is 13.2 Å². The number of para-hydroxylation sites is 1. The first-order chi connectivity index (χ1) is 10.3. The predicted molar refractivity (Wildman–Crippen MR) is 87.5 cm³/mol. The molecule has 4 heteroatoms. The fraction of sp³-hybridized carbons (Fsp3) is 0.176. The Balaban J connectivity index is 1.87. The lowest BCUT2D eigenvalue weighted by Crippen LogP contribution is -2.07. The molecule has 2 aromatic carbocycles. The first-order valence-corrected chi connectivity index (χ1v) is 7.59. The van der Waals surface area contributed by atoms with Crippen LogP contribution in [0.4, 0.5) is 0 Å². The molecule has 0 aliphatic rings. The molecule has 0 fully saturated rings. The Morgan fingerprint density at radius 3 is 2.81 bits per heavy atom. The lowest BCUT2D eigenvalue weighted by molar-refractivity contribution is 0.272. The normalized spacial score (nSPS) is 11.0. The van der Waals surface area contributed by atoms with Crippen LogP contribution in [0.25, 0.3) is 11.0 Å². The van der Waals surface area contributed by atoms with Crippen LogP contribution in [0.5, 0.6) is 5.75 Å². The third kappa shape index (κ3) is 3.12. The van der Waals surface area contributed by atoms with E-state index in [2.05, 4.69) is 27.3 Å². The third-order valence-corrected chi connectivity index (χ3v) is 3.79. The van der Waals surface area contributed by atoms with Crippen molar-refractivity contribution in [3.63, 3.8) is 0 Å². The highest BCUT2D eigenvalue weighted by molar-refractivity contribution is 9.10. The number of furan rings is 1. The van der Waals surface area contributed by atoms with Crippen LogP contribution in [0, 0.1) is 0 Å². The van der Waals surface area contributed by atoms with E-state index in [1.807, 2.05) is 49.5 Å². The van der Waals surface area contributed by atoms with E-state index in [0.29, 0.717) is 6.61 Å². The first kappa shape index (κ1) is 14.2. The second-order valence-electron chi connectivity index (χ2n) is 4.78. The molecule has 1 N–H and O–H groups in total. The van der Waals surface area contributed by atoms with Gasteiger partial charge in [-0.1, -0.05) is 40.2 Å². The molecule has 0 radical (unpaired) electrons. The highest BCUT2D eigenvalue weighted by atomic mass is 79.9. The Morgan fingerprint density at radius 1 is 1.14 bits per heavy atom. The van der Waals surface area contributed by atoms with E-state index >= 15 is 0 Å². The van der Waals surface area contributed by atoms with Gasteiger partial charge in [-0.05, 0) is 31.3 Å². The summed E-state index contributed by atoms with van der Waals surface area (Å²) >= 11 is 3.44. The van der Waals surface area contributed by atoms with Crippen molar-refractivity contribution in [2.75, 3.05) is 7.05 Å². The summed E-state index contributed by atoms with van der Waals surface area (Å²) in [5, 5.41) is 4.33. The number of fused-ring (bicyclic) bond motifs is 1. The number of hydrogen-bond acceptors (Lipinski definition) is 3. The van der Waals surface area contributed by atoms with Gasteiger partial charge in [0.05, 0.1) is 0 Å². The number of halogens is 1. The summed E-state index contributed by atoms with van der Waals surface area (Å²) in [6.07, 6.45) is 0. The van der Waals surface area contributed by atoms with E-state index in [-0.39, 0.29) is 0 Å². The molecule has 0 spiro atoms. The molecule has 0 bridgehead atoms. The van der Waals surface area contributed by atoms with Crippen molar-refractivity contribution in [1.29, 1.82) is 0 Å². The van der Waals surface area contributed by atoms with Crippen LogP contribution in [-0.2, 0) is 13.2 Å². The number of nitrogens with one attached hydrogen (secondary N) is 1. The minimum Gasteiger partial charge on any atom is -0.486 e. The molecule has 21 heavy (non-hydrogen) atoms. The Kier molecular flexibility index (Phi) is 4.27. The fourth-order valence-corrected chi connectivity index (χ4v) is 2.72. The van der Waals surface area contributed by atoms with Gasteiger partial charge < -0.3 is 14.5 Å². The van der Waals surface area contributed by atoms with E-state index in [1.54, 1.807) is 0 Å². The third-order valence-electron chi connectivity index (χ3n) is 3.30. The molecule has 0 aliphatic carbocycles. The van der Waals surface area contributed by atoms with Crippen LogP contribution >= 0.6 is 15.9 Å². The van der Waals surface area contributed by atoms with E-state index in [1.165, 1.54) is 0 Å². The lowest BCUT2D eigenvalue weighted by atomic mass is 10.1. The molecule has 1 aromatic heterocycles. The van der Waals surface area contributed by atoms with Crippen molar-refractivity contribution in [1.82, 2.24) is 5.32 Å². The van der Waals surface area contributed by atoms with Crippen LogP contribution in [-0.4, -0.2) is 7.05 Å². The molecule has 3 aromatic rings. The van der Waals surface area contributed by atoms with Gasteiger partial charge in [-0.25, -0.2) is 0 Å². The average Bonchev–Trinajstić information content (AvgIpc) is 2.84. The summed E-state index contributed by atoms with van der Waals surface area (Å²) in [5.41, 5.74) is 2.05. The maximum absolute atomic E-state index is 5.93. The highest BCUT2D eigenvalue weighted by Crippen LogP contribution is 2.27. The van der Waals surface area contributed by atoms with E-state index in [9.17, 15) is 0 Å². The van der Waals surface area contributed by atoms with Gasteiger partial charge in [0.25, 0.3) is 0 Å². The monoisotopic (exact) mass is 345 g/mol. The number of hydrogen-bond donors (Lipinski definition) is 1. The summed E-state index contributed by atoms with van der Waals surface area (Å²) in [7, 11) is 1.93. The summed E-state index contributed by atoms with van der Waals surface area (Å²) < 4.78 is 12.8. The molecule has 108 valence electrons. The van der Waals surface area contributed by atoms with E-state index < -0.39 is 0 Å². The topological polar surface area (TPSA) is 34.4 Å². The number of ether oxygens (including phenoxy) is 1. The van der Waals surface area contributed by atoms with Gasteiger partial charge in [-0.2, -0.15) is 0 Å². The van der Waals surface area contributed by atoms with Crippen LogP contribution in [0.2, 0.25) is 0 Å². The van der Waals surface area contributed by atoms with Gasteiger partial charge in [0.2, 0.25) is 0 Å². The maximum Gasteiger partial charge on any atom is 0.147 e. The summed E-state index contributed by atoms with van der Waals surface area (Å²) in [4.78, 5) is 0. The average molecular weight is 346 g/mol. The quantitative estimate of drug-likeness (QED) is 0.739. The van der Waals surface area contributed by atoms with Gasteiger partial charge in [0.1, 0.15) is 23.7 Å². The Hall–Kier alpha value is -1.78. The minimum absolute atomic E-state index is 0.419. The van der Waals surface area contributed by atoms with E-state index in [0.717, 1.165) is 39.1 Å². The molecule has 0 atom stereocenters. The molecule has 0 saturated carbocycles. The standard InChI is InChI=1S/C17H16BrNO2/c1-19-10-15-14-7-2-3-8-16(14)21-17(15)11-20-13-6-4-5-12(18)9-13/h2-9,19H,10-11H2,1H3. The molecule has 0 aliphatic heterocycles. The fourth-order valence-electron chi connectivity index (χ4n) is 2.34. The SMILES string of the molecule is CNCc1c(COc2cccc(Br)c2)oc2ccccc12. The predicted octanol–water partition coefficient (Wildman–Crippen LogP) is 4.49. The van der Waals surface area contributed by atoms with Crippen molar-refractivity contribution in [3.8, 4) is 5.75 Å². The van der Waals surface area contributed by atoms with Gasteiger partial charge in [0.15, 0.2) is 0 Å². The zero-order chi connectivity index (χ0) is 14.7. The second-order valence-corrected chi connectivity index (χ2v) is 5.69. The zero-order valence-corrected chi connectivity index (χ0v) is 13.3. The van der Waals surface area contributed by atoms with Crippen LogP contribution in [0.3, 0.4) is 0 Å². The first-order valence-electron chi connectivity index (χ1n) is 6.80. The lowest BCUT2D eigenvalue weighted by Gasteiger charge is -2.06. The van der Waals surface area contributed by atoms with Crippen LogP contribution in [0.15, 0.2) is 57.4 Å². The molecule has 0 amide bonds. The Bertz CT molecular complexity index is 751. The maximum atomic E-state index is 5.93. The second kappa shape index (κ2) is 6.33. The zero-order valence-electron chi connectivity index (χ0n) is 11.7. The number of rotatable bonds is 5. The highest BCUT2D eigenvalue weighted by Gasteiger charge is 2.13. The van der Waals surface area contributed by atoms with Crippen molar-refractivity contribution in [3.05, 3.63) is 64.3 Å². The van der Waals surface area contributed by atoms with Crippen LogP contribution in [0.1, 0.15) is 11.3 Å². The molecular formula is C17H16BrNO2. The van der Waals surface area contributed by atoms with Gasteiger partial charge in [0, 0.05) is 22.0 Å². The minimum atomic E-state index is 0.419. The van der Waals surface area contributed by atoms with Crippen LogP contribution < -0.4 is 10.1 Å². The molecule has 3 rings (SSSR count).